The molecule has 1 amide bonds. The zero-order valence-corrected chi connectivity index (χ0v) is 12.9. The lowest BCUT2D eigenvalue weighted by atomic mass is 10.1. The van der Waals surface area contributed by atoms with Crippen LogP contribution < -0.4 is 5.32 Å². The van der Waals surface area contributed by atoms with Crippen molar-refractivity contribution in [2.75, 3.05) is 0 Å². The summed E-state index contributed by atoms with van der Waals surface area (Å²) in [5.74, 6) is 0.123. The molecule has 0 saturated heterocycles. The maximum Gasteiger partial charge on any atom is 0.224 e. The lowest BCUT2D eigenvalue weighted by molar-refractivity contribution is -0.121. The molecule has 2 aromatic rings. The third-order valence-electron chi connectivity index (χ3n) is 4.30. The topological polar surface area (TPSA) is 44.9 Å². The summed E-state index contributed by atoms with van der Waals surface area (Å²) in [4.78, 5) is 15.4. The van der Waals surface area contributed by atoms with Gasteiger partial charge in [-0.2, -0.15) is 0 Å². The van der Waals surface area contributed by atoms with Crippen LogP contribution in [-0.4, -0.2) is 16.9 Å². The standard InChI is InChI=1S/C17H21ClN2O/c18-13-7-8-15-12(11-19-16(15)10-13)9-17(21)20-14-5-3-1-2-4-6-14/h7-8,10-11,14,19H,1-6,9H2,(H,20,21). The SMILES string of the molecule is O=C(Cc1c[nH]c2cc(Cl)ccc12)NC1CCCCCC1. The van der Waals surface area contributed by atoms with Gasteiger partial charge in [0.25, 0.3) is 0 Å². The first-order valence-electron chi connectivity index (χ1n) is 7.77. The zero-order valence-electron chi connectivity index (χ0n) is 12.1. The second kappa shape index (κ2) is 6.52. The quantitative estimate of drug-likeness (QED) is 0.820. The number of benzene rings is 1. The van der Waals surface area contributed by atoms with E-state index < -0.39 is 0 Å². The first kappa shape index (κ1) is 14.5. The van der Waals surface area contributed by atoms with Crippen molar-refractivity contribution >= 4 is 28.4 Å². The normalized spacial score (nSPS) is 16.8. The molecule has 21 heavy (non-hydrogen) atoms. The molecule has 3 nitrogen and oxygen atoms in total. The first-order chi connectivity index (χ1) is 10.2. The molecule has 0 unspecified atom stereocenters. The van der Waals surface area contributed by atoms with Crippen LogP contribution in [0.2, 0.25) is 5.02 Å². The Labute approximate surface area is 130 Å². The van der Waals surface area contributed by atoms with Crippen molar-refractivity contribution in [2.24, 2.45) is 0 Å². The molecule has 1 heterocycles. The molecule has 1 aliphatic rings. The average molecular weight is 305 g/mol. The minimum absolute atomic E-state index is 0.123. The molecule has 1 aromatic heterocycles. The van der Waals surface area contributed by atoms with E-state index in [2.05, 4.69) is 10.3 Å². The van der Waals surface area contributed by atoms with E-state index in [1.807, 2.05) is 24.4 Å². The summed E-state index contributed by atoms with van der Waals surface area (Å²) in [5, 5.41) is 4.98. The Bertz CT molecular complexity index is 627. The highest BCUT2D eigenvalue weighted by Crippen LogP contribution is 2.23. The van der Waals surface area contributed by atoms with Crippen molar-refractivity contribution < 1.29 is 4.79 Å². The lowest BCUT2D eigenvalue weighted by Gasteiger charge is -2.16. The van der Waals surface area contributed by atoms with Crippen molar-refractivity contribution in [3.8, 4) is 0 Å². The number of fused-ring (bicyclic) bond motifs is 1. The molecule has 3 rings (SSSR count). The van der Waals surface area contributed by atoms with Crippen LogP contribution in [0.25, 0.3) is 10.9 Å². The molecule has 1 fully saturated rings. The Morgan fingerprint density at radius 3 is 2.76 bits per heavy atom. The highest BCUT2D eigenvalue weighted by Gasteiger charge is 2.16. The Kier molecular flexibility index (Phi) is 4.49. The summed E-state index contributed by atoms with van der Waals surface area (Å²) in [6, 6.07) is 6.09. The van der Waals surface area contributed by atoms with Gasteiger partial charge in [0.05, 0.1) is 6.42 Å². The number of aromatic amines is 1. The minimum atomic E-state index is 0.123. The van der Waals surface area contributed by atoms with E-state index in [1.54, 1.807) is 0 Å². The van der Waals surface area contributed by atoms with E-state index >= 15 is 0 Å². The molecule has 0 aliphatic heterocycles. The van der Waals surface area contributed by atoms with Gasteiger partial charge in [0.2, 0.25) is 5.91 Å². The molecular formula is C17H21ClN2O. The van der Waals surface area contributed by atoms with Crippen LogP contribution in [0.15, 0.2) is 24.4 Å². The van der Waals surface area contributed by atoms with Crippen LogP contribution in [0, 0.1) is 0 Å². The fraction of sp³-hybridized carbons (Fsp3) is 0.471. The number of hydrogen-bond acceptors (Lipinski definition) is 1. The summed E-state index contributed by atoms with van der Waals surface area (Å²) in [6.07, 6.45) is 9.65. The van der Waals surface area contributed by atoms with E-state index in [1.165, 1.54) is 25.7 Å². The number of rotatable bonds is 3. The van der Waals surface area contributed by atoms with Gasteiger partial charge in [-0.05, 0) is 30.5 Å². The summed E-state index contributed by atoms with van der Waals surface area (Å²) >= 11 is 5.98. The smallest absolute Gasteiger partial charge is 0.224 e. The molecule has 4 heteroatoms. The maximum absolute atomic E-state index is 12.3. The minimum Gasteiger partial charge on any atom is -0.361 e. The van der Waals surface area contributed by atoms with Gasteiger partial charge < -0.3 is 10.3 Å². The van der Waals surface area contributed by atoms with E-state index in [0.29, 0.717) is 17.5 Å². The molecular weight excluding hydrogens is 284 g/mol. The van der Waals surface area contributed by atoms with Crippen LogP contribution in [0.4, 0.5) is 0 Å². The van der Waals surface area contributed by atoms with Gasteiger partial charge in [0.15, 0.2) is 0 Å². The third kappa shape index (κ3) is 3.59. The van der Waals surface area contributed by atoms with Crippen molar-refractivity contribution in [3.05, 3.63) is 35.0 Å². The molecule has 112 valence electrons. The second-order valence-electron chi connectivity index (χ2n) is 5.94. The number of aromatic nitrogens is 1. The van der Waals surface area contributed by atoms with Crippen LogP contribution in [0.5, 0.6) is 0 Å². The van der Waals surface area contributed by atoms with Crippen molar-refractivity contribution in [3.63, 3.8) is 0 Å². The first-order valence-corrected chi connectivity index (χ1v) is 8.15. The molecule has 0 bridgehead atoms. The summed E-state index contributed by atoms with van der Waals surface area (Å²) in [5.41, 5.74) is 2.02. The number of carbonyl (C=O) groups is 1. The van der Waals surface area contributed by atoms with Gasteiger partial charge in [0.1, 0.15) is 0 Å². The number of hydrogen-bond donors (Lipinski definition) is 2. The lowest BCUT2D eigenvalue weighted by Crippen LogP contribution is -2.35. The zero-order chi connectivity index (χ0) is 14.7. The number of H-pyrrole nitrogens is 1. The monoisotopic (exact) mass is 304 g/mol. The molecule has 0 spiro atoms. The van der Waals surface area contributed by atoms with Crippen LogP contribution >= 0.6 is 11.6 Å². The predicted molar refractivity (Wildman–Crippen MR) is 86.6 cm³/mol. The number of nitrogens with one attached hydrogen (secondary N) is 2. The highest BCUT2D eigenvalue weighted by atomic mass is 35.5. The van der Waals surface area contributed by atoms with E-state index in [4.69, 9.17) is 11.6 Å². The molecule has 0 atom stereocenters. The third-order valence-corrected chi connectivity index (χ3v) is 4.54. The van der Waals surface area contributed by atoms with Crippen molar-refractivity contribution in [1.82, 2.24) is 10.3 Å². The number of carbonyl (C=O) groups excluding carboxylic acids is 1. The van der Waals surface area contributed by atoms with Crippen LogP contribution in [-0.2, 0) is 11.2 Å². The van der Waals surface area contributed by atoms with Crippen LogP contribution in [0.3, 0.4) is 0 Å². The van der Waals surface area contributed by atoms with E-state index in [-0.39, 0.29) is 5.91 Å². The Hall–Kier alpha value is -1.48. The highest BCUT2D eigenvalue weighted by molar-refractivity contribution is 6.31. The summed E-state index contributed by atoms with van der Waals surface area (Å²) in [6.45, 7) is 0. The molecule has 0 radical (unpaired) electrons. The maximum atomic E-state index is 12.3. The van der Waals surface area contributed by atoms with Gasteiger partial charge in [-0.25, -0.2) is 0 Å². The summed E-state index contributed by atoms with van der Waals surface area (Å²) < 4.78 is 0. The van der Waals surface area contributed by atoms with Crippen molar-refractivity contribution in [2.45, 2.75) is 51.0 Å². The van der Waals surface area contributed by atoms with Gasteiger partial charge >= 0.3 is 0 Å². The predicted octanol–water partition coefficient (Wildman–Crippen LogP) is 4.20. The van der Waals surface area contributed by atoms with Gasteiger partial charge in [-0.15, -0.1) is 0 Å². The molecule has 1 aliphatic carbocycles. The van der Waals surface area contributed by atoms with Gasteiger partial charge in [-0.1, -0.05) is 43.4 Å². The summed E-state index contributed by atoms with van der Waals surface area (Å²) in [7, 11) is 0. The Morgan fingerprint density at radius 2 is 2.00 bits per heavy atom. The number of amides is 1. The number of halogens is 1. The fourth-order valence-corrected chi connectivity index (χ4v) is 3.35. The van der Waals surface area contributed by atoms with E-state index in [9.17, 15) is 4.79 Å². The van der Waals surface area contributed by atoms with E-state index in [0.717, 1.165) is 29.3 Å². The fourth-order valence-electron chi connectivity index (χ4n) is 3.18. The molecule has 2 N–H and O–H groups in total. The van der Waals surface area contributed by atoms with Gasteiger partial charge in [0, 0.05) is 28.2 Å². The average Bonchev–Trinajstić information content (AvgIpc) is 2.68. The Morgan fingerprint density at radius 1 is 1.24 bits per heavy atom. The second-order valence-corrected chi connectivity index (χ2v) is 6.37. The van der Waals surface area contributed by atoms with Gasteiger partial charge in [-0.3, -0.25) is 4.79 Å². The Balaban J connectivity index is 1.65. The largest absolute Gasteiger partial charge is 0.361 e. The van der Waals surface area contributed by atoms with Crippen LogP contribution in [0.1, 0.15) is 44.1 Å². The molecule has 1 saturated carbocycles. The van der Waals surface area contributed by atoms with Crippen molar-refractivity contribution in [1.29, 1.82) is 0 Å². The molecule has 1 aromatic carbocycles.